The molecule has 0 unspecified atom stereocenters. The Bertz CT molecular complexity index is 607. The fourth-order valence-electron chi connectivity index (χ4n) is 1.90. The van der Waals surface area contributed by atoms with Gasteiger partial charge in [0.25, 0.3) is 10.0 Å². The van der Waals surface area contributed by atoms with E-state index in [2.05, 4.69) is 9.71 Å². The van der Waals surface area contributed by atoms with Crippen LogP contribution >= 0.6 is 0 Å². The molecule has 21 heavy (non-hydrogen) atoms. The number of ether oxygens (including phenoxy) is 1. The Kier molecular flexibility index (Phi) is 4.57. The summed E-state index contributed by atoms with van der Waals surface area (Å²) < 4.78 is 31.5. The molecule has 0 aliphatic carbocycles. The quantitative estimate of drug-likeness (QED) is 0.674. The van der Waals surface area contributed by atoms with Crippen LogP contribution in [0.4, 0.5) is 0 Å². The molecule has 1 saturated heterocycles. The monoisotopic (exact) mass is 316 g/mol. The van der Waals surface area contributed by atoms with E-state index in [0.717, 1.165) is 18.3 Å². The summed E-state index contributed by atoms with van der Waals surface area (Å²) in [7, 11) is -3.90. The van der Waals surface area contributed by atoms with Gasteiger partial charge in [0.05, 0.1) is 11.2 Å². The zero-order valence-electron chi connectivity index (χ0n) is 11.2. The summed E-state index contributed by atoms with van der Waals surface area (Å²) in [6.07, 6.45) is 1.67. The van der Waals surface area contributed by atoms with Gasteiger partial charge in [0.2, 0.25) is 0 Å². The molecule has 2 heterocycles. The van der Waals surface area contributed by atoms with Gasteiger partial charge in [-0.3, -0.25) is 0 Å². The van der Waals surface area contributed by atoms with Gasteiger partial charge < -0.3 is 14.9 Å². The first-order valence-corrected chi connectivity index (χ1v) is 7.80. The predicted octanol–water partition coefficient (Wildman–Crippen LogP) is -0.400. The van der Waals surface area contributed by atoms with Crippen molar-refractivity contribution in [3.8, 4) is 0 Å². The van der Waals surface area contributed by atoms with Crippen LogP contribution in [0.1, 0.15) is 23.2 Å². The second kappa shape index (κ2) is 6.06. The first-order chi connectivity index (χ1) is 9.82. The van der Waals surface area contributed by atoms with Gasteiger partial charge in [-0.15, -0.1) is 0 Å². The molecule has 1 fully saturated rings. The maximum atomic E-state index is 12.0. The van der Waals surface area contributed by atoms with Gasteiger partial charge in [-0.25, -0.2) is 22.9 Å². The van der Waals surface area contributed by atoms with Crippen molar-refractivity contribution < 1.29 is 28.2 Å². The van der Waals surface area contributed by atoms with Crippen molar-refractivity contribution in [3.05, 3.63) is 23.9 Å². The molecular formula is C12H16N2O6S. The average molecular weight is 316 g/mol. The number of carboxylic acid groups (broad SMARTS) is 1. The highest BCUT2D eigenvalue weighted by Gasteiger charge is 2.31. The summed E-state index contributed by atoms with van der Waals surface area (Å²) in [5, 5.41) is 18.6. The van der Waals surface area contributed by atoms with E-state index < -0.39 is 21.6 Å². The third kappa shape index (κ3) is 3.97. The largest absolute Gasteiger partial charge is 0.478 e. The molecule has 3 N–H and O–H groups in total. The van der Waals surface area contributed by atoms with Gasteiger partial charge in [0.15, 0.2) is 5.03 Å². The van der Waals surface area contributed by atoms with Gasteiger partial charge in [-0.1, -0.05) is 0 Å². The van der Waals surface area contributed by atoms with E-state index >= 15 is 0 Å². The van der Waals surface area contributed by atoms with E-state index in [9.17, 15) is 18.3 Å². The van der Waals surface area contributed by atoms with Crippen LogP contribution in [0.5, 0.6) is 0 Å². The molecule has 1 aromatic rings. The van der Waals surface area contributed by atoms with Crippen LogP contribution in [0.2, 0.25) is 0 Å². The van der Waals surface area contributed by atoms with Gasteiger partial charge in [0.1, 0.15) is 0 Å². The zero-order chi connectivity index (χ0) is 15.5. The molecule has 0 radical (unpaired) electrons. The van der Waals surface area contributed by atoms with Crippen LogP contribution in [-0.2, 0) is 14.8 Å². The third-order valence-electron chi connectivity index (χ3n) is 3.27. The number of carbonyl (C=O) groups is 1. The SMILES string of the molecule is O=C(O)c1ccc(S(=O)(=O)NCC2(O)CCOCC2)nc1. The van der Waals surface area contributed by atoms with E-state index in [1.807, 2.05) is 0 Å². The lowest BCUT2D eigenvalue weighted by Gasteiger charge is -2.31. The van der Waals surface area contributed by atoms with Crippen LogP contribution < -0.4 is 4.72 Å². The van der Waals surface area contributed by atoms with E-state index in [4.69, 9.17) is 9.84 Å². The minimum Gasteiger partial charge on any atom is -0.478 e. The van der Waals surface area contributed by atoms with Gasteiger partial charge in [0, 0.05) is 38.8 Å². The number of carboxylic acids is 1. The molecule has 0 bridgehead atoms. The lowest BCUT2D eigenvalue weighted by Crippen LogP contribution is -2.46. The summed E-state index contributed by atoms with van der Waals surface area (Å²) in [6.45, 7) is 0.620. The zero-order valence-corrected chi connectivity index (χ0v) is 12.0. The van der Waals surface area contributed by atoms with E-state index in [1.165, 1.54) is 0 Å². The highest BCUT2D eigenvalue weighted by atomic mass is 32.2. The second-order valence-electron chi connectivity index (χ2n) is 4.85. The Morgan fingerprint density at radius 2 is 2.05 bits per heavy atom. The number of aromatic carboxylic acids is 1. The molecule has 8 nitrogen and oxygen atoms in total. The van der Waals surface area contributed by atoms with E-state index in [1.54, 1.807) is 0 Å². The molecule has 0 amide bonds. The number of hydrogen-bond acceptors (Lipinski definition) is 6. The van der Waals surface area contributed by atoms with Crippen LogP contribution in [0.15, 0.2) is 23.4 Å². The Morgan fingerprint density at radius 3 is 2.57 bits per heavy atom. The summed E-state index contributed by atoms with van der Waals surface area (Å²) in [5.41, 5.74) is -1.23. The normalized spacial score (nSPS) is 18.3. The topological polar surface area (TPSA) is 126 Å². The minimum atomic E-state index is -3.90. The van der Waals surface area contributed by atoms with E-state index in [0.29, 0.717) is 26.1 Å². The maximum Gasteiger partial charge on any atom is 0.337 e. The van der Waals surface area contributed by atoms with Crippen molar-refractivity contribution in [3.63, 3.8) is 0 Å². The average Bonchev–Trinajstić information content (AvgIpc) is 2.46. The molecule has 0 aromatic carbocycles. The van der Waals surface area contributed by atoms with Crippen molar-refractivity contribution >= 4 is 16.0 Å². The van der Waals surface area contributed by atoms with Gasteiger partial charge in [-0.05, 0) is 12.1 Å². The van der Waals surface area contributed by atoms with Crippen molar-refractivity contribution in [1.29, 1.82) is 0 Å². The number of nitrogens with zero attached hydrogens (tertiary/aromatic N) is 1. The molecule has 2 rings (SSSR count). The highest BCUT2D eigenvalue weighted by molar-refractivity contribution is 7.89. The molecular weight excluding hydrogens is 300 g/mol. The fraction of sp³-hybridized carbons (Fsp3) is 0.500. The molecule has 116 valence electrons. The minimum absolute atomic E-state index is 0.1000. The molecule has 0 spiro atoms. The number of sulfonamides is 1. The number of rotatable bonds is 5. The van der Waals surface area contributed by atoms with Crippen LogP contribution in [-0.4, -0.2) is 54.9 Å². The molecule has 1 aliphatic rings. The highest BCUT2D eigenvalue weighted by Crippen LogP contribution is 2.20. The molecule has 1 aliphatic heterocycles. The predicted molar refractivity (Wildman–Crippen MR) is 71.4 cm³/mol. The Morgan fingerprint density at radius 1 is 1.38 bits per heavy atom. The summed E-state index contributed by atoms with van der Waals surface area (Å²) in [4.78, 5) is 14.3. The van der Waals surface area contributed by atoms with Gasteiger partial charge >= 0.3 is 5.97 Å². The Labute approximate surface area is 121 Å². The molecule has 0 saturated carbocycles. The summed E-state index contributed by atoms with van der Waals surface area (Å²) >= 11 is 0. The van der Waals surface area contributed by atoms with Crippen molar-refractivity contribution in [1.82, 2.24) is 9.71 Å². The Hall–Kier alpha value is -1.55. The number of pyridine rings is 1. The first-order valence-electron chi connectivity index (χ1n) is 6.32. The number of hydrogen-bond donors (Lipinski definition) is 3. The molecule has 1 aromatic heterocycles. The van der Waals surface area contributed by atoms with E-state index in [-0.39, 0.29) is 17.1 Å². The van der Waals surface area contributed by atoms with Crippen molar-refractivity contribution in [2.75, 3.05) is 19.8 Å². The molecule has 9 heteroatoms. The number of nitrogens with one attached hydrogen (secondary N) is 1. The maximum absolute atomic E-state index is 12.0. The summed E-state index contributed by atoms with van der Waals surface area (Å²) in [5.74, 6) is -1.18. The first kappa shape index (κ1) is 15.8. The smallest absolute Gasteiger partial charge is 0.337 e. The van der Waals surface area contributed by atoms with Crippen molar-refractivity contribution in [2.45, 2.75) is 23.5 Å². The van der Waals surface area contributed by atoms with Gasteiger partial charge in [-0.2, -0.15) is 0 Å². The fourth-order valence-corrected chi connectivity index (χ4v) is 2.94. The van der Waals surface area contributed by atoms with Crippen LogP contribution in [0.25, 0.3) is 0 Å². The number of aromatic nitrogens is 1. The summed E-state index contributed by atoms with van der Waals surface area (Å²) in [6, 6.07) is 2.27. The molecule has 0 atom stereocenters. The standard InChI is InChI=1S/C12H16N2O6S/c15-11(16)9-1-2-10(13-7-9)21(18,19)14-8-12(17)3-5-20-6-4-12/h1-2,7,14,17H,3-6,8H2,(H,15,16). The number of aliphatic hydroxyl groups is 1. The Balaban J connectivity index is 2.05. The lowest BCUT2D eigenvalue weighted by molar-refractivity contribution is -0.0588. The lowest BCUT2D eigenvalue weighted by atomic mass is 9.95. The van der Waals surface area contributed by atoms with Crippen LogP contribution in [0, 0.1) is 0 Å². The third-order valence-corrected chi connectivity index (χ3v) is 4.59. The van der Waals surface area contributed by atoms with Crippen LogP contribution in [0.3, 0.4) is 0 Å². The second-order valence-corrected chi connectivity index (χ2v) is 6.57. The van der Waals surface area contributed by atoms with Crippen molar-refractivity contribution in [2.24, 2.45) is 0 Å².